The van der Waals surface area contributed by atoms with Crippen LogP contribution < -0.4 is 0 Å². The molecule has 2 aromatic rings. The van der Waals surface area contributed by atoms with Crippen LogP contribution in [0.4, 0.5) is 0 Å². The first-order chi connectivity index (χ1) is 7.24. The van der Waals surface area contributed by atoms with Gasteiger partial charge >= 0.3 is 0 Å². The molecule has 2 heterocycles. The standard InChI is InChI=1S/C12H17N3/c1-4-7-15-8-10(9(2)3)12-11(15)5-6-13-14-12/h5-6,8-9H,4,7H2,1-3H3. The van der Waals surface area contributed by atoms with Gasteiger partial charge in [0, 0.05) is 18.3 Å². The molecule has 3 heteroatoms. The largest absolute Gasteiger partial charge is 0.346 e. The summed E-state index contributed by atoms with van der Waals surface area (Å²) in [5.41, 5.74) is 3.56. The molecular weight excluding hydrogens is 186 g/mol. The maximum Gasteiger partial charge on any atom is 0.114 e. The number of fused-ring (bicyclic) bond motifs is 1. The van der Waals surface area contributed by atoms with Gasteiger partial charge in [-0.25, -0.2) is 0 Å². The van der Waals surface area contributed by atoms with E-state index in [2.05, 4.69) is 41.7 Å². The van der Waals surface area contributed by atoms with Crippen LogP contribution in [0.15, 0.2) is 18.5 Å². The average Bonchev–Trinajstić information content (AvgIpc) is 2.59. The summed E-state index contributed by atoms with van der Waals surface area (Å²) in [6, 6.07) is 2.05. The van der Waals surface area contributed by atoms with Gasteiger partial charge in [0.15, 0.2) is 0 Å². The average molecular weight is 203 g/mol. The minimum Gasteiger partial charge on any atom is -0.346 e. The topological polar surface area (TPSA) is 30.7 Å². The number of aryl methyl sites for hydroxylation is 1. The molecule has 0 aliphatic rings. The summed E-state index contributed by atoms with van der Waals surface area (Å²) in [5.74, 6) is 0.502. The second kappa shape index (κ2) is 4.01. The van der Waals surface area contributed by atoms with Crippen LogP contribution in [0.3, 0.4) is 0 Å². The van der Waals surface area contributed by atoms with Gasteiger partial charge in [0.05, 0.1) is 11.7 Å². The zero-order valence-electron chi connectivity index (χ0n) is 9.57. The van der Waals surface area contributed by atoms with Crippen molar-refractivity contribution < 1.29 is 0 Å². The molecule has 0 aliphatic heterocycles. The van der Waals surface area contributed by atoms with E-state index in [9.17, 15) is 0 Å². The van der Waals surface area contributed by atoms with Gasteiger partial charge in [-0.05, 0) is 18.4 Å². The molecule has 0 amide bonds. The molecule has 0 unspecified atom stereocenters. The van der Waals surface area contributed by atoms with Crippen LogP contribution in [0.25, 0.3) is 11.0 Å². The zero-order chi connectivity index (χ0) is 10.8. The second-order valence-electron chi connectivity index (χ2n) is 4.20. The first kappa shape index (κ1) is 10.1. The lowest BCUT2D eigenvalue weighted by Crippen LogP contribution is -1.94. The Bertz CT molecular complexity index is 457. The van der Waals surface area contributed by atoms with E-state index in [0.29, 0.717) is 5.92 Å². The van der Waals surface area contributed by atoms with E-state index < -0.39 is 0 Å². The molecule has 0 spiro atoms. The predicted molar refractivity (Wildman–Crippen MR) is 61.9 cm³/mol. The molecule has 0 saturated carbocycles. The monoisotopic (exact) mass is 203 g/mol. The molecule has 0 fully saturated rings. The van der Waals surface area contributed by atoms with Crippen LogP contribution in [0, 0.1) is 0 Å². The summed E-state index contributed by atoms with van der Waals surface area (Å²) in [6.45, 7) is 7.63. The van der Waals surface area contributed by atoms with Gasteiger partial charge in [0.1, 0.15) is 5.52 Å². The predicted octanol–water partition coefficient (Wildman–Crippen LogP) is 2.96. The Morgan fingerprint density at radius 1 is 1.40 bits per heavy atom. The Labute approximate surface area is 90.1 Å². The number of nitrogens with zero attached hydrogens (tertiary/aromatic N) is 3. The van der Waals surface area contributed by atoms with Crippen molar-refractivity contribution in [1.29, 1.82) is 0 Å². The van der Waals surface area contributed by atoms with Gasteiger partial charge in [0.25, 0.3) is 0 Å². The molecular formula is C12H17N3. The first-order valence-corrected chi connectivity index (χ1v) is 5.54. The first-order valence-electron chi connectivity index (χ1n) is 5.54. The maximum atomic E-state index is 4.23. The molecule has 0 aromatic carbocycles. The summed E-state index contributed by atoms with van der Waals surface area (Å²) in [5, 5.41) is 8.20. The lowest BCUT2D eigenvalue weighted by Gasteiger charge is -2.00. The summed E-state index contributed by atoms with van der Waals surface area (Å²) in [6.07, 6.45) is 5.12. The lowest BCUT2D eigenvalue weighted by molar-refractivity contribution is 0.697. The Morgan fingerprint density at radius 2 is 2.20 bits per heavy atom. The van der Waals surface area contributed by atoms with Crippen molar-refractivity contribution >= 4 is 11.0 Å². The van der Waals surface area contributed by atoms with E-state index in [0.717, 1.165) is 18.5 Å². The van der Waals surface area contributed by atoms with E-state index in [1.165, 1.54) is 11.1 Å². The molecule has 3 nitrogen and oxygen atoms in total. The van der Waals surface area contributed by atoms with Crippen molar-refractivity contribution in [2.45, 2.75) is 39.7 Å². The molecule has 80 valence electrons. The number of aromatic nitrogens is 3. The third-order valence-electron chi connectivity index (χ3n) is 2.66. The lowest BCUT2D eigenvalue weighted by atomic mass is 10.1. The van der Waals surface area contributed by atoms with E-state index in [1.54, 1.807) is 6.20 Å². The van der Waals surface area contributed by atoms with Gasteiger partial charge in [0.2, 0.25) is 0 Å². The Morgan fingerprint density at radius 3 is 2.87 bits per heavy atom. The summed E-state index contributed by atoms with van der Waals surface area (Å²) >= 11 is 0. The highest BCUT2D eigenvalue weighted by Gasteiger charge is 2.11. The van der Waals surface area contributed by atoms with E-state index >= 15 is 0 Å². The number of rotatable bonds is 3. The highest BCUT2D eigenvalue weighted by molar-refractivity contribution is 5.79. The van der Waals surface area contributed by atoms with Crippen molar-refractivity contribution in [3.05, 3.63) is 24.0 Å². The second-order valence-corrected chi connectivity index (χ2v) is 4.20. The van der Waals surface area contributed by atoms with E-state index in [1.807, 2.05) is 6.07 Å². The number of hydrogen-bond acceptors (Lipinski definition) is 2. The van der Waals surface area contributed by atoms with E-state index in [4.69, 9.17) is 0 Å². The highest BCUT2D eigenvalue weighted by Crippen LogP contribution is 2.25. The molecule has 0 saturated heterocycles. The minimum atomic E-state index is 0.502. The van der Waals surface area contributed by atoms with Crippen molar-refractivity contribution in [3.8, 4) is 0 Å². The fraction of sp³-hybridized carbons (Fsp3) is 0.500. The van der Waals surface area contributed by atoms with Crippen molar-refractivity contribution in [2.24, 2.45) is 0 Å². The molecule has 0 bridgehead atoms. The normalized spacial score (nSPS) is 11.5. The smallest absolute Gasteiger partial charge is 0.114 e. The van der Waals surface area contributed by atoms with Crippen molar-refractivity contribution in [3.63, 3.8) is 0 Å². The van der Waals surface area contributed by atoms with Crippen LogP contribution >= 0.6 is 0 Å². The van der Waals surface area contributed by atoms with E-state index in [-0.39, 0.29) is 0 Å². The van der Waals surface area contributed by atoms with Crippen LogP contribution in [-0.4, -0.2) is 14.8 Å². The molecule has 2 aromatic heterocycles. The van der Waals surface area contributed by atoms with Crippen LogP contribution in [0.2, 0.25) is 0 Å². The fourth-order valence-electron chi connectivity index (χ4n) is 1.91. The molecule has 0 aliphatic carbocycles. The van der Waals surface area contributed by atoms with Gasteiger partial charge in [-0.1, -0.05) is 20.8 Å². The maximum absolute atomic E-state index is 4.23. The van der Waals surface area contributed by atoms with Crippen LogP contribution in [-0.2, 0) is 6.54 Å². The quantitative estimate of drug-likeness (QED) is 0.767. The fourth-order valence-corrected chi connectivity index (χ4v) is 1.91. The van der Waals surface area contributed by atoms with Gasteiger partial charge in [-0.3, -0.25) is 0 Å². The molecule has 0 N–H and O–H groups in total. The van der Waals surface area contributed by atoms with Crippen LogP contribution in [0.1, 0.15) is 38.7 Å². The van der Waals surface area contributed by atoms with Crippen LogP contribution in [0.5, 0.6) is 0 Å². The third-order valence-corrected chi connectivity index (χ3v) is 2.66. The molecule has 15 heavy (non-hydrogen) atoms. The summed E-state index contributed by atoms with van der Waals surface area (Å²) < 4.78 is 2.28. The van der Waals surface area contributed by atoms with Gasteiger partial charge in [-0.15, -0.1) is 5.10 Å². The summed E-state index contributed by atoms with van der Waals surface area (Å²) in [4.78, 5) is 0. The summed E-state index contributed by atoms with van der Waals surface area (Å²) in [7, 11) is 0. The SMILES string of the molecule is CCCn1cc(C(C)C)c2nnccc21. The molecule has 0 radical (unpaired) electrons. The van der Waals surface area contributed by atoms with Gasteiger partial charge in [-0.2, -0.15) is 5.10 Å². The third kappa shape index (κ3) is 1.74. The highest BCUT2D eigenvalue weighted by atomic mass is 15.1. The molecule has 0 atom stereocenters. The number of hydrogen-bond donors (Lipinski definition) is 0. The van der Waals surface area contributed by atoms with Gasteiger partial charge < -0.3 is 4.57 Å². The van der Waals surface area contributed by atoms with Crippen molar-refractivity contribution in [1.82, 2.24) is 14.8 Å². The Hall–Kier alpha value is -1.38. The molecule has 2 rings (SSSR count). The Balaban J connectivity index is 2.62. The minimum absolute atomic E-state index is 0.502. The Kier molecular flexibility index (Phi) is 2.71. The van der Waals surface area contributed by atoms with Crippen molar-refractivity contribution in [2.75, 3.05) is 0 Å². The zero-order valence-corrected chi connectivity index (χ0v) is 9.57.